The Kier molecular flexibility index (Phi) is 3.05. The molecule has 0 aromatic carbocycles. The zero-order valence-corrected chi connectivity index (χ0v) is 9.77. The third-order valence-corrected chi connectivity index (χ3v) is 2.26. The molecule has 0 fully saturated rings. The Morgan fingerprint density at radius 1 is 1.38 bits per heavy atom. The van der Waals surface area contributed by atoms with Crippen LogP contribution in [0.3, 0.4) is 0 Å². The van der Waals surface area contributed by atoms with Crippen molar-refractivity contribution in [3.8, 4) is 11.8 Å². The summed E-state index contributed by atoms with van der Waals surface area (Å²) >= 11 is 5.61. The summed E-state index contributed by atoms with van der Waals surface area (Å²) in [6, 6.07) is 1.83. The van der Waals surface area contributed by atoms with Crippen LogP contribution in [0.25, 0.3) is 0 Å². The van der Waals surface area contributed by atoms with E-state index in [4.69, 9.17) is 16.3 Å². The molecule has 0 amide bonds. The summed E-state index contributed by atoms with van der Waals surface area (Å²) in [5.41, 5.74) is 1.61. The van der Waals surface area contributed by atoms with Gasteiger partial charge in [-0.25, -0.2) is 9.67 Å². The fraction of sp³-hybridized carbons (Fsp3) is 0.300. The van der Waals surface area contributed by atoms with Crippen LogP contribution in [0.5, 0.6) is 11.8 Å². The third-order valence-electron chi connectivity index (χ3n) is 1.99. The molecule has 0 radical (unpaired) electrons. The predicted molar refractivity (Wildman–Crippen MR) is 59.6 cm³/mol. The molecule has 0 atom stereocenters. The summed E-state index contributed by atoms with van der Waals surface area (Å²) in [5.74, 6) is 1.40. The second-order valence-electron chi connectivity index (χ2n) is 3.33. The van der Waals surface area contributed by atoms with E-state index < -0.39 is 0 Å². The van der Waals surface area contributed by atoms with Gasteiger partial charge in [0.2, 0.25) is 11.8 Å². The van der Waals surface area contributed by atoms with E-state index in [9.17, 15) is 0 Å². The molecule has 84 valence electrons. The van der Waals surface area contributed by atoms with Crippen molar-refractivity contribution in [2.45, 2.75) is 12.8 Å². The van der Waals surface area contributed by atoms with Crippen LogP contribution in [0, 0.1) is 6.92 Å². The van der Waals surface area contributed by atoms with E-state index >= 15 is 0 Å². The molecule has 0 saturated carbocycles. The average Bonchev–Trinajstić information content (AvgIpc) is 2.59. The van der Waals surface area contributed by atoms with Gasteiger partial charge in [0.05, 0.1) is 29.7 Å². The minimum absolute atomic E-state index is 0.345. The first-order chi connectivity index (χ1) is 7.69. The zero-order valence-electron chi connectivity index (χ0n) is 9.01. The molecule has 2 aromatic heterocycles. The van der Waals surface area contributed by atoms with E-state index in [2.05, 4.69) is 15.1 Å². The van der Waals surface area contributed by atoms with Gasteiger partial charge in [0.1, 0.15) is 0 Å². The molecule has 0 unspecified atom stereocenters. The van der Waals surface area contributed by atoms with E-state index in [0.29, 0.717) is 17.6 Å². The lowest BCUT2D eigenvalue weighted by atomic mass is 10.5. The zero-order chi connectivity index (χ0) is 11.5. The highest BCUT2D eigenvalue weighted by Crippen LogP contribution is 2.18. The quantitative estimate of drug-likeness (QED) is 0.768. The number of rotatable bonds is 3. The van der Waals surface area contributed by atoms with E-state index in [1.807, 2.05) is 20.0 Å². The molecule has 5 nitrogen and oxygen atoms in total. The molecule has 2 rings (SSSR count). The van der Waals surface area contributed by atoms with Crippen molar-refractivity contribution in [3.63, 3.8) is 0 Å². The van der Waals surface area contributed by atoms with Gasteiger partial charge in [-0.15, -0.1) is 11.6 Å². The van der Waals surface area contributed by atoms with Crippen LogP contribution in [0.15, 0.2) is 18.5 Å². The Balaban J connectivity index is 2.17. The fourth-order valence-corrected chi connectivity index (χ4v) is 1.39. The third kappa shape index (κ3) is 2.30. The SMILES string of the molecule is Cc1cc(Oc2cnc(CCl)cn2)n(C)n1. The van der Waals surface area contributed by atoms with Gasteiger partial charge < -0.3 is 4.74 Å². The van der Waals surface area contributed by atoms with Crippen LogP contribution in [-0.2, 0) is 12.9 Å². The molecule has 0 aliphatic heterocycles. The highest BCUT2D eigenvalue weighted by molar-refractivity contribution is 6.16. The Hall–Kier alpha value is -1.62. The molecule has 2 aromatic rings. The number of alkyl halides is 1. The predicted octanol–water partition coefficient (Wildman–Crippen LogP) is 2.05. The molecule has 16 heavy (non-hydrogen) atoms. The molecular formula is C10H11ClN4O. The van der Waals surface area contributed by atoms with E-state index in [1.165, 1.54) is 0 Å². The standard InChI is InChI=1S/C10H11ClN4O/c1-7-3-10(15(2)14-7)16-9-6-12-8(4-11)5-13-9/h3,5-6H,4H2,1-2H3. The van der Waals surface area contributed by atoms with Crippen molar-refractivity contribution in [1.29, 1.82) is 0 Å². The van der Waals surface area contributed by atoms with Crippen LogP contribution in [-0.4, -0.2) is 19.7 Å². The van der Waals surface area contributed by atoms with E-state index in [1.54, 1.807) is 17.1 Å². The summed E-state index contributed by atoms with van der Waals surface area (Å²) < 4.78 is 7.16. The summed E-state index contributed by atoms with van der Waals surface area (Å²) in [6.45, 7) is 1.90. The van der Waals surface area contributed by atoms with Crippen molar-refractivity contribution in [1.82, 2.24) is 19.7 Å². The fourth-order valence-electron chi connectivity index (χ4n) is 1.25. The Morgan fingerprint density at radius 2 is 2.19 bits per heavy atom. The van der Waals surface area contributed by atoms with Crippen LogP contribution < -0.4 is 4.74 Å². The monoisotopic (exact) mass is 238 g/mol. The first-order valence-electron chi connectivity index (χ1n) is 4.74. The number of aromatic nitrogens is 4. The second kappa shape index (κ2) is 4.49. The van der Waals surface area contributed by atoms with Crippen LogP contribution in [0.2, 0.25) is 0 Å². The summed E-state index contributed by atoms with van der Waals surface area (Å²) in [5, 5.41) is 4.16. The van der Waals surface area contributed by atoms with Gasteiger partial charge in [0, 0.05) is 13.1 Å². The van der Waals surface area contributed by atoms with Crippen LogP contribution >= 0.6 is 11.6 Å². The molecule has 0 aliphatic carbocycles. The summed E-state index contributed by atoms with van der Waals surface area (Å²) in [4.78, 5) is 8.17. The molecule has 0 aliphatic rings. The highest BCUT2D eigenvalue weighted by Gasteiger charge is 2.05. The molecule has 6 heteroatoms. The lowest BCUT2D eigenvalue weighted by Crippen LogP contribution is -1.97. The Bertz CT molecular complexity index is 480. The first-order valence-corrected chi connectivity index (χ1v) is 5.28. The van der Waals surface area contributed by atoms with Gasteiger partial charge in [0.25, 0.3) is 0 Å². The first kappa shape index (κ1) is 10.9. The summed E-state index contributed by atoms with van der Waals surface area (Å²) in [7, 11) is 1.81. The number of hydrogen-bond acceptors (Lipinski definition) is 4. The topological polar surface area (TPSA) is 52.8 Å². The van der Waals surface area contributed by atoms with E-state index in [-0.39, 0.29) is 0 Å². The van der Waals surface area contributed by atoms with Crippen molar-refractivity contribution in [2.75, 3.05) is 0 Å². The van der Waals surface area contributed by atoms with Gasteiger partial charge in [0.15, 0.2) is 0 Å². The van der Waals surface area contributed by atoms with Gasteiger partial charge in [-0.1, -0.05) is 0 Å². The van der Waals surface area contributed by atoms with Gasteiger partial charge in [-0.05, 0) is 6.92 Å². The Labute approximate surface area is 98.0 Å². The van der Waals surface area contributed by atoms with Gasteiger partial charge in [-0.3, -0.25) is 4.98 Å². The number of ether oxygens (including phenoxy) is 1. The van der Waals surface area contributed by atoms with Crippen molar-refractivity contribution < 1.29 is 4.74 Å². The van der Waals surface area contributed by atoms with Crippen molar-refractivity contribution in [2.24, 2.45) is 7.05 Å². The van der Waals surface area contributed by atoms with Gasteiger partial charge in [-0.2, -0.15) is 5.10 Å². The van der Waals surface area contributed by atoms with Crippen LogP contribution in [0.4, 0.5) is 0 Å². The van der Waals surface area contributed by atoms with Gasteiger partial charge >= 0.3 is 0 Å². The molecule has 0 N–H and O–H groups in total. The smallest absolute Gasteiger partial charge is 0.239 e. The number of hydrogen-bond donors (Lipinski definition) is 0. The second-order valence-corrected chi connectivity index (χ2v) is 3.60. The molecular weight excluding hydrogens is 228 g/mol. The molecule has 2 heterocycles. The van der Waals surface area contributed by atoms with Crippen molar-refractivity contribution in [3.05, 3.63) is 29.8 Å². The average molecular weight is 239 g/mol. The molecule has 0 spiro atoms. The Morgan fingerprint density at radius 3 is 2.69 bits per heavy atom. The normalized spacial score (nSPS) is 10.4. The molecule has 0 saturated heterocycles. The number of halogens is 1. The number of aryl methyl sites for hydroxylation is 2. The van der Waals surface area contributed by atoms with Crippen LogP contribution in [0.1, 0.15) is 11.4 Å². The van der Waals surface area contributed by atoms with E-state index in [0.717, 1.165) is 11.4 Å². The minimum Gasteiger partial charge on any atom is -0.419 e. The summed E-state index contributed by atoms with van der Waals surface area (Å²) in [6.07, 6.45) is 3.13. The lowest BCUT2D eigenvalue weighted by molar-refractivity contribution is 0.413. The lowest BCUT2D eigenvalue weighted by Gasteiger charge is -2.03. The number of nitrogens with zero attached hydrogens (tertiary/aromatic N) is 4. The maximum atomic E-state index is 5.61. The minimum atomic E-state index is 0.345. The molecule has 0 bridgehead atoms. The highest BCUT2D eigenvalue weighted by atomic mass is 35.5. The van der Waals surface area contributed by atoms with Crippen molar-refractivity contribution >= 4 is 11.6 Å². The maximum absolute atomic E-state index is 5.61. The maximum Gasteiger partial charge on any atom is 0.239 e. The largest absolute Gasteiger partial charge is 0.419 e.